The van der Waals surface area contributed by atoms with Crippen LogP contribution in [-0.4, -0.2) is 15.3 Å². The minimum absolute atomic E-state index is 0.105. The van der Waals surface area contributed by atoms with Crippen molar-refractivity contribution in [3.8, 4) is 28.7 Å². The van der Waals surface area contributed by atoms with Crippen LogP contribution in [0.4, 0.5) is 0 Å². The van der Waals surface area contributed by atoms with Crippen LogP contribution in [0.25, 0.3) is 22.9 Å². The molecule has 2 aromatic carbocycles. The van der Waals surface area contributed by atoms with Gasteiger partial charge in [-0.05, 0) is 36.8 Å². The van der Waals surface area contributed by atoms with Crippen LogP contribution < -0.4 is 0 Å². The highest BCUT2D eigenvalue weighted by atomic mass is 79.9. The summed E-state index contributed by atoms with van der Waals surface area (Å²) in [5, 5.41) is 17.9. The van der Waals surface area contributed by atoms with Gasteiger partial charge in [0.2, 0.25) is 5.89 Å². The van der Waals surface area contributed by atoms with Gasteiger partial charge in [-0.3, -0.25) is 0 Å². The molecule has 0 saturated heterocycles. The Morgan fingerprint density at radius 2 is 1.70 bits per heavy atom. The molecule has 3 rings (SSSR count). The molecular weight excluding hydrogens is 320 g/mol. The Labute approximate surface area is 124 Å². The zero-order valence-electron chi connectivity index (χ0n) is 10.7. The van der Waals surface area contributed by atoms with Crippen molar-refractivity contribution in [1.29, 1.82) is 0 Å². The number of nitrogens with zero attached hydrogens (tertiary/aromatic N) is 2. The Balaban J connectivity index is 2.07. The third kappa shape index (κ3) is 2.32. The van der Waals surface area contributed by atoms with Gasteiger partial charge in [-0.25, -0.2) is 0 Å². The predicted octanol–water partition coefficient (Wildman–Crippen LogP) is 4.18. The van der Waals surface area contributed by atoms with Gasteiger partial charge in [0.25, 0.3) is 5.89 Å². The van der Waals surface area contributed by atoms with E-state index in [4.69, 9.17) is 4.42 Å². The Morgan fingerprint density at radius 3 is 2.45 bits per heavy atom. The monoisotopic (exact) mass is 330 g/mol. The number of phenolic OH excluding ortho intramolecular Hbond substituents is 1. The molecule has 0 aliphatic rings. The smallest absolute Gasteiger partial charge is 0.251 e. The average Bonchev–Trinajstić information content (AvgIpc) is 2.91. The number of aromatic hydroxyl groups is 1. The zero-order valence-corrected chi connectivity index (χ0v) is 12.3. The van der Waals surface area contributed by atoms with E-state index in [0.717, 1.165) is 15.6 Å². The van der Waals surface area contributed by atoms with Crippen LogP contribution in [0.1, 0.15) is 5.56 Å². The molecule has 0 atom stereocenters. The molecule has 100 valence electrons. The van der Waals surface area contributed by atoms with Crippen molar-refractivity contribution < 1.29 is 9.52 Å². The van der Waals surface area contributed by atoms with Crippen LogP contribution in [-0.2, 0) is 0 Å². The van der Waals surface area contributed by atoms with E-state index in [1.165, 1.54) is 0 Å². The molecule has 0 bridgehead atoms. The van der Waals surface area contributed by atoms with Crippen molar-refractivity contribution in [3.63, 3.8) is 0 Å². The normalized spacial score (nSPS) is 10.7. The van der Waals surface area contributed by atoms with Crippen molar-refractivity contribution >= 4 is 15.9 Å². The van der Waals surface area contributed by atoms with Crippen molar-refractivity contribution in [1.82, 2.24) is 10.2 Å². The van der Waals surface area contributed by atoms with Gasteiger partial charge >= 0.3 is 0 Å². The van der Waals surface area contributed by atoms with E-state index in [1.54, 1.807) is 18.2 Å². The summed E-state index contributed by atoms with van der Waals surface area (Å²) in [7, 11) is 0. The van der Waals surface area contributed by atoms with Crippen LogP contribution in [0.2, 0.25) is 0 Å². The highest BCUT2D eigenvalue weighted by Gasteiger charge is 2.15. The second kappa shape index (κ2) is 5.09. The number of halogens is 1. The Morgan fingerprint density at radius 1 is 1.00 bits per heavy atom. The molecule has 1 N–H and O–H groups in total. The molecule has 1 heterocycles. The highest BCUT2D eigenvalue weighted by Crippen LogP contribution is 2.33. The quantitative estimate of drug-likeness (QED) is 0.765. The zero-order chi connectivity index (χ0) is 14.1. The van der Waals surface area contributed by atoms with Crippen LogP contribution >= 0.6 is 15.9 Å². The molecule has 0 radical (unpaired) electrons. The maximum absolute atomic E-state index is 9.87. The first-order valence-electron chi connectivity index (χ1n) is 6.03. The van der Waals surface area contributed by atoms with Gasteiger partial charge in [-0.15, -0.1) is 10.2 Å². The fourth-order valence-electron chi connectivity index (χ4n) is 1.93. The van der Waals surface area contributed by atoms with Crippen LogP contribution in [0, 0.1) is 6.92 Å². The maximum atomic E-state index is 9.87. The molecule has 0 aliphatic heterocycles. The Kier molecular flexibility index (Phi) is 3.28. The Hall–Kier alpha value is -2.14. The number of phenols is 1. The van der Waals surface area contributed by atoms with Crippen LogP contribution in [0.15, 0.2) is 51.4 Å². The molecule has 0 fully saturated rings. The summed E-state index contributed by atoms with van der Waals surface area (Å²) in [4.78, 5) is 0. The fourth-order valence-corrected chi connectivity index (χ4v) is 2.29. The van der Waals surface area contributed by atoms with Gasteiger partial charge in [-0.2, -0.15) is 0 Å². The van der Waals surface area contributed by atoms with Gasteiger partial charge in [0, 0.05) is 10.0 Å². The lowest BCUT2D eigenvalue weighted by Gasteiger charge is -2.01. The number of aromatic nitrogens is 2. The largest absolute Gasteiger partial charge is 0.507 e. The third-order valence-corrected chi connectivity index (χ3v) is 3.48. The van der Waals surface area contributed by atoms with Crippen LogP contribution in [0.5, 0.6) is 5.75 Å². The van der Waals surface area contributed by atoms with E-state index in [0.29, 0.717) is 17.3 Å². The standard InChI is InChI=1S/C15H11BrN2O2/c1-9-4-2-3-5-11(9)14-17-18-15(20-14)12-8-10(16)6-7-13(12)19/h2-8,19H,1H3. The summed E-state index contributed by atoms with van der Waals surface area (Å²) >= 11 is 3.36. The molecule has 0 saturated carbocycles. The molecule has 4 nitrogen and oxygen atoms in total. The van der Waals surface area contributed by atoms with E-state index in [9.17, 15) is 5.11 Å². The van der Waals surface area contributed by atoms with Crippen molar-refractivity contribution in [3.05, 3.63) is 52.5 Å². The van der Waals surface area contributed by atoms with E-state index in [2.05, 4.69) is 26.1 Å². The molecule has 0 aliphatic carbocycles. The van der Waals surface area contributed by atoms with Crippen molar-refractivity contribution in [2.75, 3.05) is 0 Å². The number of hydrogen-bond donors (Lipinski definition) is 1. The van der Waals surface area contributed by atoms with Gasteiger partial charge in [0.05, 0.1) is 5.56 Å². The molecule has 0 unspecified atom stereocenters. The summed E-state index contributed by atoms with van der Waals surface area (Å²) in [6.45, 7) is 1.98. The second-order valence-corrected chi connectivity index (χ2v) is 5.30. The van der Waals surface area contributed by atoms with Gasteiger partial charge < -0.3 is 9.52 Å². The Bertz CT molecular complexity index is 768. The number of benzene rings is 2. The summed E-state index contributed by atoms with van der Waals surface area (Å²) in [6.07, 6.45) is 0. The fraction of sp³-hybridized carbons (Fsp3) is 0.0667. The maximum Gasteiger partial charge on any atom is 0.251 e. The van der Waals surface area contributed by atoms with Crippen molar-refractivity contribution in [2.45, 2.75) is 6.92 Å². The topological polar surface area (TPSA) is 59.2 Å². The summed E-state index contributed by atoms with van der Waals surface area (Å²) in [6, 6.07) is 12.8. The summed E-state index contributed by atoms with van der Waals surface area (Å²) in [5.74, 6) is 0.840. The predicted molar refractivity (Wildman–Crippen MR) is 79.3 cm³/mol. The molecular formula is C15H11BrN2O2. The first kappa shape index (κ1) is 12.9. The number of rotatable bonds is 2. The minimum Gasteiger partial charge on any atom is -0.507 e. The van der Waals surface area contributed by atoms with Gasteiger partial charge in [0.15, 0.2) is 0 Å². The lowest BCUT2D eigenvalue weighted by molar-refractivity contribution is 0.473. The summed E-state index contributed by atoms with van der Waals surface area (Å²) < 4.78 is 6.50. The van der Waals surface area contributed by atoms with E-state index in [1.807, 2.05) is 31.2 Å². The number of hydrogen-bond acceptors (Lipinski definition) is 4. The molecule has 3 aromatic rings. The molecule has 0 amide bonds. The van der Waals surface area contributed by atoms with E-state index in [-0.39, 0.29) is 5.75 Å². The van der Waals surface area contributed by atoms with Gasteiger partial charge in [0.1, 0.15) is 5.75 Å². The average molecular weight is 331 g/mol. The lowest BCUT2D eigenvalue weighted by atomic mass is 10.1. The number of aryl methyl sites for hydroxylation is 1. The molecule has 0 spiro atoms. The van der Waals surface area contributed by atoms with E-state index < -0.39 is 0 Å². The lowest BCUT2D eigenvalue weighted by Crippen LogP contribution is -1.81. The summed E-state index contributed by atoms with van der Waals surface area (Å²) in [5.41, 5.74) is 2.45. The molecule has 20 heavy (non-hydrogen) atoms. The van der Waals surface area contributed by atoms with Gasteiger partial charge in [-0.1, -0.05) is 34.1 Å². The molecule has 5 heteroatoms. The first-order chi connectivity index (χ1) is 9.65. The first-order valence-corrected chi connectivity index (χ1v) is 6.83. The minimum atomic E-state index is 0.105. The third-order valence-electron chi connectivity index (χ3n) is 2.99. The van der Waals surface area contributed by atoms with Crippen LogP contribution in [0.3, 0.4) is 0 Å². The highest BCUT2D eigenvalue weighted by molar-refractivity contribution is 9.10. The second-order valence-electron chi connectivity index (χ2n) is 4.39. The van der Waals surface area contributed by atoms with E-state index >= 15 is 0 Å². The SMILES string of the molecule is Cc1ccccc1-c1nnc(-c2cc(Br)ccc2O)o1. The van der Waals surface area contributed by atoms with Crippen molar-refractivity contribution in [2.24, 2.45) is 0 Å². The molecule has 1 aromatic heterocycles.